The van der Waals surface area contributed by atoms with Gasteiger partial charge in [-0.25, -0.2) is 0 Å². The average Bonchev–Trinajstić information content (AvgIpc) is 2.89. The fourth-order valence-corrected chi connectivity index (χ4v) is 3.42. The van der Waals surface area contributed by atoms with Gasteiger partial charge in [0.1, 0.15) is 0 Å². The SMILES string of the molecule is Cc1ccc(-n2c(C)csc2=NC(=O)c2ccccc2)c(C)c1. The van der Waals surface area contributed by atoms with Crippen LogP contribution < -0.4 is 4.80 Å². The van der Waals surface area contributed by atoms with E-state index >= 15 is 0 Å². The molecule has 3 aromatic rings. The van der Waals surface area contributed by atoms with Gasteiger partial charge in [0.2, 0.25) is 0 Å². The van der Waals surface area contributed by atoms with Crippen LogP contribution in [0.2, 0.25) is 0 Å². The van der Waals surface area contributed by atoms with Crippen molar-refractivity contribution in [2.24, 2.45) is 4.99 Å². The molecule has 0 aliphatic heterocycles. The highest BCUT2D eigenvalue weighted by Crippen LogP contribution is 2.17. The second kappa shape index (κ2) is 6.34. The number of hydrogen-bond donors (Lipinski definition) is 0. The van der Waals surface area contributed by atoms with Gasteiger partial charge in [0, 0.05) is 16.6 Å². The first-order chi connectivity index (χ1) is 11.1. The first-order valence-electron chi connectivity index (χ1n) is 7.45. The van der Waals surface area contributed by atoms with Gasteiger partial charge < -0.3 is 0 Å². The lowest BCUT2D eigenvalue weighted by Crippen LogP contribution is -2.17. The number of nitrogens with zero attached hydrogens (tertiary/aromatic N) is 2. The molecule has 1 heterocycles. The van der Waals surface area contributed by atoms with Crippen LogP contribution in [0.3, 0.4) is 0 Å². The monoisotopic (exact) mass is 322 g/mol. The molecule has 0 saturated heterocycles. The van der Waals surface area contributed by atoms with Gasteiger partial charge in [-0.3, -0.25) is 9.36 Å². The molecule has 0 radical (unpaired) electrons. The van der Waals surface area contributed by atoms with Crippen molar-refractivity contribution >= 4 is 17.2 Å². The smallest absolute Gasteiger partial charge is 0.279 e. The van der Waals surface area contributed by atoms with Crippen LogP contribution in [0.1, 0.15) is 27.2 Å². The largest absolute Gasteiger partial charge is 0.289 e. The predicted molar refractivity (Wildman–Crippen MR) is 94.2 cm³/mol. The summed E-state index contributed by atoms with van der Waals surface area (Å²) in [5, 5.41) is 2.02. The summed E-state index contributed by atoms with van der Waals surface area (Å²) in [7, 11) is 0. The number of carbonyl (C=O) groups excluding carboxylic acids is 1. The topological polar surface area (TPSA) is 34.4 Å². The Bertz CT molecular complexity index is 920. The highest BCUT2D eigenvalue weighted by atomic mass is 32.1. The maximum absolute atomic E-state index is 12.4. The van der Waals surface area contributed by atoms with E-state index in [2.05, 4.69) is 37.0 Å². The Morgan fingerprint density at radius 1 is 1.04 bits per heavy atom. The zero-order valence-corrected chi connectivity index (χ0v) is 14.2. The lowest BCUT2D eigenvalue weighted by molar-refractivity contribution is 0.0998. The van der Waals surface area contributed by atoms with Crippen LogP contribution in [0.15, 0.2) is 58.9 Å². The summed E-state index contributed by atoms with van der Waals surface area (Å²) < 4.78 is 2.04. The molecule has 1 aromatic heterocycles. The Morgan fingerprint density at radius 2 is 1.78 bits per heavy atom. The van der Waals surface area contributed by atoms with Gasteiger partial charge in [-0.2, -0.15) is 4.99 Å². The van der Waals surface area contributed by atoms with E-state index in [-0.39, 0.29) is 5.91 Å². The molecule has 0 saturated carbocycles. The molecule has 0 N–H and O–H groups in total. The molecule has 0 atom stereocenters. The maximum atomic E-state index is 12.4. The van der Waals surface area contributed by atoms with Crippen molar-refractivity contribution in [3.8, 4) is 5.69 Å². The normalized spacial score (nSPS) is 11.7. The fourth-order valence-electron chi connectivity index (χ4n) is 2.55. The van der Waals surface area contributed by atoms with Crippen molar-refractivity contribution in [1.82, 2.24) is 4.57 Å². The third-order valence-electron chi connectivity index (χ3n) is 3.69. The number of carbonyl (C=O) groups is 1. The zero-order chi connectivity index (χ0) is 16.4. The Balaban J connectivity index is 2.12. The van der Waals surface area contributed by atoms with Crippen molar-refractivity contribution in [3.05, 3.63) is 81.1 Å². The third-order valence-corrected chi connectivity index (χ3v) is 4.63. The van der Waals surface area contributed by atoms with Gasteiger partial charge in [0.25, 0.3) is 5.91 Å². The van der Waals surface area contributed by atoms with E-state index in [1.165, 1.54) is 22.5 Å². The minimum absolute atomic E-state index is 0.217. The average molecular weight is 322 g/mol. The highest BCUT2D eigenvalue weighted by Gasteiger charge is 2.09. The molecule has 0 fully saturated rings. The number of rotatable bonds is 2. The van der Waals surface area contributed by atoms with E-state index in [4.69, 9.17) is 0 Å². The van der Waals surface area contributed by atoms with Crippen LogP contribution in [0, 0.1) is 20.8 Å². The minimum Gasteiger partial charge on any atom is -0.289 e. The minimum atomic E-state index is -0.217. The van der Waals surface area contributed by atoms with Gasteiger partial charge in [-0.15, -0.1) is 11.3 Å². The van der Waals surface area contributed by atoms with Gasteiger partial charge in [-0.05, 0) is 44.5 Å². The summed E-state index contributed by atoms with van der Waals surface area (Å²) in [5.74, 6) is -0.217. The molecule has 0 spiro atoms. The zero-order valence-electron chi connectivity index (χ0n) is 13.4. The van der Waals surface area contributed by atoms with Crippen LogP contribution in [-0.2, 0) is 0 Å². The van der Waals surface area contributed by atoms with Gasteiger partial charge >= 0.3 is 0 Å². The van der Waals surface area contributed by atoms with Gasteiger partial charge in [0.05, 0.1) is 5.69 Å². The Labute approximate surface area is 139 Å². The van der Waals surface area contributed by atoms with Crippen LogP contribution in [0.4, 0.5) is 0 Å². The standard InChI is InChI=1S/C19H18N2OS/c1-13-9-10-17(14(2)11-13)21-15(3)12-23-19(21)20-18(22)16-7-5-4-6-8-16/h4-12H,1-3H3. The van der Waals surface area contributed by atoms with E-state index < -0.39 is 0 Å². The van der Waals surface area contributed by atoms with E-state index in [1.54, 1.807) is 12.1 Å². The fraction of sp³-hybridized carbons (Fsp3) is 0.158. The first-order valence-corrected chi connectivity index (χ1v) is 8.33. The molecule has 0 unspecified atom stereocenters. The lowest BCUT2D eigenvalue weighted by Gasteiger charge is -2.10. The summed E-state index contributed by atoms with van der Waals surface area (Å²) in [6.45, 7) is 6.18. The van der Waals surface area contributed by atoms with Gasteiger partial charge in [-0.1, -0.05) is 35.9 Å². The molecule has 3 rings (SSSR count). The van der Waals surface area contributed by atoms with Gasteiger partial charge in [0.15, 0.2) is 4.80 Å². The predicted octanol–water partition coefficient (Wildman–Crippen LogP) is 4.21. The molecule has 0 aliphatic carbocycles. The number of amides is 1. The molecule has 3 nitrogen and oxygen atoms in total. The molecule has 0 bridgehead atoms. The number of aromatic nitrogens is 1. The molecular formula is C19H18N2OS. The van der Waals surface area contributed by atoms with Crippen molar-refractivity contribution in [2.45, 2.75) is 20.8 Å². The molecule has 2 aromatic carbocycles. The maximum Gasteiger partial charge on any atom is 0.279 e. The summed E-state index contributed by atoms with van der Waals surface area (Å²) in [5.41, 5.74) is 5.12. The number of hydrogen-bond acceptors (Lipinski definition) is 2. The molecule has 0 aliphatic rings. The van der Waals surface area contributed by atoms with Crippen molar-refractivity contribution < 1.29 is 4.79 Å². The quantitative estimate of drug-likeness (QED) is 0.696. The van der Waals surface area contributed by atoms with E-state index in [9.17, 15) is 4.79 Å². The molecule has 4 heteroatoms. The summed E-state index contributed by atoms with van der Waals surface area (Å²) in [6, 6.07) is 15.5. The van der Waals surface area contributed by atoms with Crippen LogP contribution >= 0.6 is 11.3 Å². The Hall–Kier alpha value is -2.46. The summed E-state index contributed by atoms with van der Waals surface area (Å²) >= 11 is 1.48. The van der Waals surface area contributed by atoms with Crippen molar-refractivity contribution in [1.29, 1.82) is 0 Å². The molecule has 1 amide bonds. The Morgan fingerprint density at radius 3 is 2.48 bits per heavy atom. The van der Waals surface area contributed by atoms with E-state index in [0.717, 1.165) is 11.4 Å². The van der Waals surface area contributed by atoms with E-state index in [1.807, 2.05) is 35.1 Å². The Kier molecular flexibility index (Phi) is 4.26. The molecule has 23 heavy (non-hydrogen) atoms. The first kappa shape index (κ1) is 15.4. The third kappa shape index (κ3) is 3.17. The van der Waals surface area contributed by atoms with Crippen LogP contribution in [0.25, 0.3) is 5.69 Å². The number of benzene rings is 2. The van der Waals surface area contributed by atoms with Crippen molar-refractivity contribution in [3.63, 3.8) is 0 Å². The molecular weight excluding hydrogens is 304 g/mol. The second-order valence-corrected chi connectivity index (χ2v) is 6.40. The van der Waals surface area contributed by atoms with E-state index in [0.29, 0.717) is 10.4 Å². The van der Waals surface area contributed by atoms with Crippen LogP contribution in [0.5, 0.6) is 0 Å². The highest BCUT2D eigenvalue weighted by molar-refractivity contribution is 7.07. The second-order valence-electron chi connectivity index (χ2n) is 5.57. The van der Waals surface area contributed by atoms with Crippen molar-refractivity contribution in [2.75, 3.05) is 0 Å². The molecule has 116 valence electrons. The number of thiazole rings is 1. The summed E-state index contributed by atoms with van der Waals surface area (Å²) in [4.78, 5) is 17.4. The lowest BCUT2D eigenvalue weighted by atomic mass is 10.1. The van der Waals surface area contributed by atoms with Crippen LogP contribution in [-0.4, -0.2) is 10.5 Å². The summed E-state index contributed by atoms with van der Waals surface area (Å²) in [6.07, 6.45) is 0. The number of aryl methyl sites for hydroxylation is 3.